The van der Waals surface area contributed by atoms with Crippen molar-refractivity contribution in [2.24, 2.45) is 0 Å². The second-order valence-electron chi connectivity index (χ2n) is 6.12. The zero-order valence-electron chi connectivity index (χ0n) is 16.1. The standard InChI is InChI=1S/C22H20BrN3O2S2/c1-28-20-12-5-4-11-19(20)26-22(29)24-15-7-6-8-16(13-15)30-14-21(27)25-18-10-3-2-9-17(18)23/h2-13H,14H2,1H3,(H,25,27)(H2,24,26,29). The van der Waals surface area contributed by atoms with Crippen molar-refractivity contribution in [1.29, 1.82) is 0 Å². The highest BCUT2D eigenvalue weighted by Crippen LogP contribution is 2.25. The monoisotopic (exact) mass is 501 g/mol. The fourth-order valence-electron chi connectivity index (χ4n) is 2.59. The zero-order chi connectivity index (χ0) is 21.3. The molecule has 0 aliphatic carbocycles. The molecule has 3 aromatic rings. The van der Waals surface area contributed by atoms with E-state index in [1.807, 2.05) is 72.8 Å². The summed E-state index contributed by atoms with van der Waals surface area (Å²) in [6, 6.07) is 22.8. The largest absolute Gasteiger partial charge is 0.495 e. The number of thiocarbonyl (C=S) groups is 1. The van der Waals surface area contributed by atoms with E-state index >= 15 is 0 Å². The number of rotatable bonds is 7. The first-order chi connectivity index (χ1) is 14.5. The minimum atomic E-state index is -0.0707. The van der Waals surface area contributed by atoms with Crippen molar-refractivity contribution < 1.29 is 9.53 Å². The highest BCUT2D eigenvalue weighted by Gasteiger charge is 2.08. The van der Waals surface area contributed by atoms with Crippen LogP contribution in [-0.2, 0) is 4.79 Å². The van der Waals surface area contributed by atoms with Gasteiger partial charge in [0.2, 0.25) is 5.91 Å². The van der Waals surface area contributed by atoms with Crippen molar-refractivity contribution in [2.75, 3.05) is 28.8 Å². The van der Waals surface area contributed by atoms with Crippen LogP contribution in [0.4, 0.5) is 17.1 Å². The van der Waals surface area contributed by atoms with Crippen LogP contribution in [0.25, 0.3) is 0 Å². The molecule has 8 heteroatoms. The van der Waals surface area contributed by atoms with Gasteiger partial charge in [-0.05, 0) is 70.6 Å². The Balaban J connectivity index is 1.54. The minimum absolute atomic E-state index is 0.0707. The maximum absolute atomic E-state index is 12.3. The number of thioether (sulfide) groups is 1. The van der Waals surface area contributed by atoms with Crippen molar-refractivity contribution in [3.63, 3.8) is 0 Å². The zero-order valence-corrected chi connectivity index (χ0v) is 19.4. The molecule has 0 bridgehead atoms. The first-order valence-electron chi connectivity index (χ1n) is 9.03. The molecule has 3 N–H and O–H groups in total. The Morgan fingerprint density at radius 1 is 0.967 bits per heavy atom. The number of nitrogens with one attached hydrogen (secondary N) is 3. The third-order valence-electron chi connectivity index (χ3n) is 3.96. The molecule has 5 nitrogen and oxygen atoms in total. The van der Waals surface area contributed by atoms with E-state index in [4.69, 9.17) is 17.0 Å². The molecule has 0 saturated carbocycles. The maximum atomic E-state index is 12.3. The van der Waals surface area contributed by atoms with Gasteiger partial charge in [0.15, 0.2) is 5.11 Å². The maximum Gasteiger partial charge on any atom is 0.234 e. The number of anilines is 3. The summed E-state index contributed by atoms with van der Waals surface area (Å²) in [5.41, 5.74) is 2.37. The van der Waals surface area contributed by atoms with E-state index < -0.39 is 0 Å². The average Bonchev–Trinajstić information content (AvgIpc) is 2.74. The summed E-state index contributed by atoms with van der Waals surface area (Å²) in [6.07, 6.45) is 0. The van der Waals surface area contributed by atoms with Gasteiger partial charge in [0, 0.05) is 15.1 Å². The van der Waals surface area contributed by atoms with Crippen LogP contribution in [0.1, 0.15) is 0 Å². The van der Waals surface area contributed by atoms with E-state index in [9.17, 15) is 4.79 Å². The molecule has 3 rings (SSSR count). The molecule has 0 aliphatic rings. The van der Waals surface area contributed by atoms with Crippen molar-refractivity contribution in [3.8, 4) is 5.75 Å². The van der Waals surface area contributed by atoms with E-state index in [1.54, 1.807) is 7.11 Å². The van der Waals surface area contributed by atoms with Gasteiger partial charge in [0.1, 0.15) is 5.75 Å². The lowest BCUT2D eigenvalue weighted by Crippen LogP contribution is -2.19. The Morgan fingerprint density at radius 2 is 1.70 bits per heavy atom. The Morgan fingerprint density at radius 3 is 2.47 bits per heavy atom. The predicted octanol–water partition coefficient (Wildman–Crippen LogP) is 6.00. The van der Waals surface area contributed by atoms with Crippen molar-refractivity contribution in [3.05, 3.63) is 77.3 Å². The number of hydrogen-bond acceptors (Lipinski definition) is 4. The van der Waals surface area contributed by atoms with Crippen molar-refractivity contribution >= 4 is 68.0 Å². The molecule has 0 spiro atoms. The molecule has 0 aromatic heterocycles. The molecule has 0 atom stereocenters. The number of amides is 1. The number of para-hydroxylation sites is 3. The van der Waals surface area contributed by atoms with Gasteiger partial charge < -0.3 is 20.7 Å². The van der Waals surface area contributed by atoms with E-state index in [1.165, 1.54) is 11.8 Å². The summed E-state index contributed by atoms with van der Waals surface area (Å²) in [6.45, 7) is 0. The minimum Gasteiger partial charge on any atom is -0.495 e. The third-order valence-corrected chi connectivity index (χ3v) is 5.85. The van der Waals surface area contributed by atoms with Gasteiger partial charge in [-0.3, -0.25) is 4.79 Å². The summed E-state index contributed by atoms with van der Waals surface area (Å²) in [5, 5.41) is 9.65. The van der Waals surface area contributed by atoms with Crippen LogP contribution in [0.5, 0.6) is 5.75 Å². The highest BCUT2D eigenvalue weighted by molar-refractivity contribution is 9.10. The van der Waals surface area contributed by atoms with Crippen LogP contribution >= 0.6 is 39.9 Å². The molecule has 30 heavy (non-hydrogen) atoms. The van der Waals surface area contributed by atoms with Gasteiger partial charge in [-0.15, -0.1) is 11.8 Å². The molecule has 1 amide bonds. The highest BCUT2D eigenvalue weighted by atomic mass is 79.9. The smallest absolute Gasteiger partial charge is 0.234 e. The van der Waals surface area contributed by atoms with Crippen LogP contribution in [0.3, 0.4) is 0 Å². The molecule has 0 saturated heterocycles. The summed E-state index contributed by atoms with van der Waals surface area (Å²) in [7, 11) is 1.62. The Hall–Kier alpha value is -2.55. The molecule has 0 radical (unpaired) electrons. The Kier molecular flexibility index (Phi) is 8.12. The van der Waals surface area contributed by atoms with Crippen LogP contribution < -0.4 is 20.7 Å². The molecular formula is C22H20BrN3O2S2. The van der Waals surface area contributed by atoms with Crippen LogP contribution in [0, 0.1) is 0 Å². The number of benzene rings is 3. The molecule has 3 aromatic carbocycles. The summed E-state index contributed by atoms with van der Waals surface area (Å²) >= 11 is 10.3. The van der Waals surface area contributed by atoms with Gasteiger partial charge in [0.05, 0.1) is 24.2 Å². The molecule has 0 fully saturated rings. The van der Waals surface area contributed by atoms with Gasteiger partial charge in [-0.25, -0.2) is 0 Å². The van der Waals surface area contributed by atoms with Gasteiger partial charge in [-0.2, -0.15) is 0 Å². The molecule has 154 valence electrons. The SMILES string of the molecule is COc1ccccc1NC(=S)Nc1cccc(SCC(=O)Nc2ccccc2Br)c1. The fraction of sp³-hybridized carbons (Fsp3) is 0.0909. The Bertz CT molecular complexity index is 1050. The number of halogens is 1. The van der Waals surface area contributed by atoms with E-state index in [0.717, 1.165) is 26.4 Å². The molecule has 0 unspecified atom stereocenters. The number of ether oxygens (including phenoxy) is 1. The van der Waals surface area contributed by atoms with Crippen LogP contribution in [0.15, 0.2) is 82.2 Å². The normalized spacial score (nSPS) is 10.2. The molecular weight excluding hydrogens is 482 g/mol. The first-order valence-corrected chi connectivity index (χ1v) is 11.2. The molecule has 0 aliphatic heterocycles. The van der Waals surface area contributed by atoms with Crippen molar-refractivity contribution in [2.45, 2.75) is 4.90 Å². The van der Waals surface area contributed by atoms with Gasteiger partial charge in [0.25, 0.3) is 0 Å². The second kappa shape index (κ2) is 11.0. The lowest BCUT2D eigenvalue weighted by molar-refractivity contribution is -0.113. The van der Waals surface area contributed by atoms with Crippen molar-refractivity contribution in [1.82, 2.24) is 0 Å². The topological polar surface area (TPSA) is 62.4 Å². The lowest BCUT2D eigenvalue weighted by atomic mass is 10.3. The van der Waals surface area contributed by atoms with E-state index in [-0.39, 0.29) is 5.91 Å². The summed E-state index contributed by atoms with van der Waals surface area (Å²) < 4.78 is 6.18. The van der Waals surface area contributed by atoms with E-state index in [0.29, 0.717) is 16.6 Å². The third kappa shape index (κ3) is 6.48. The number of carbonyl (C=O) groups is 1. The predicted molar refractivity (Wildman–Crippen MR) is 133 cm³/mol. The van der Waals surface area contributed by atoms with Crippen LogP contribution in [0.2, 0.25) is 0 Å². The number of carbonyl (C=O) groups excluding carboxylic acids is 1. The van der Waals surface area contributed by atoms with E-state index in [2.05, 4.69) is 31.9 Å². The second-order valence-corrected chi connectivity index (χ2v) is 8.44. The molecule has 0 heterocycles. The van der Waals surface area contributed by atoms with Gasteiger partial charge >= 0.3 is 0 Å². The average molecular weight is 502 g/mol. The summed E-state index contributed by atoms with van der Waals surface area (Å²) in [5.74, 6) is 0.940. The van der Waals surface area contributed by atoms with Gasteiger partial charge in [-0.1, -0.05) is 30.3 Å². The number of methoxy groups -OCH3 is 1. The van der Waals surface area contributed by atoms with Crippen LogP contribution in [-0.4, -0.2) is 23.9 Å². The first kappa shape index (κ1) is 22.1. The Labute approximate surface area is 193 Å². The summed E-state index contributed by atoms with van der Waals surface area (Å²) in [4.78, 5) is 13.2. The number of hydrogen-bond donors (Lipinski definition) is 3. The lowest BCUT2D eigenvalue weighted by Gasteiger charge is -2.14. The fourth-order valence-corrected chi connectivity index (χ4v) is 3.96. The quantitative estimate of drug-likeness (QED) is 0.272.